The van der Waals surface area contributed by atoms with Gasteiger partial charge in [0.15, 0.2) is 0 Å². The Labute approximate surface area is 69.7 Å². The maximum absolute atomic E-state index is 9.71. The molecule has 1 saturated heterocycles. The summed E-state index contributed by atoms with van der Waals surface area (Å²) >= 11 is 0. The Balaban J connectivity index is 2.04. The van der Waals surface area contributed by atoms with Crippen LogP contribution in [-0.4, -0.2) is 33.7 Å². The molecule has 0 spiro atoms. The van der Waals surface area contributed by atoms with E-state index in [9.17, 15) is 5.11 Å². The van der Waals surface area contributed by atoms with E-state index in [2.05, 4.69) is 15.4 Å². The molecular formula is C7H11N3O2. The first-order valence-corrected chi connectivity index (χ1v) is 3.99. The number of H-pyrrole nitrogens is 1. The van der Waals surface area contributed by atoms with Gasteiger partial charge in [-0.1, -0.05) is 0 Å². The van der Waals surface area contributed by atoms with Gasteiger partial charge < -0.3 is 9.84 Å². The van der Waals surface area contributed by atoms with Crippen LogP contribution >= 0.6 is 0 Å². The number of aliphatic hydroxyl groups excluding tert-OH is 1. The molecule has 0 aliphatic carbocycles. The summed E-state index contributed by atoms with van der Waals surface area (Å²) in [5.41, 5.74) is 0.602. The van der Waals surface area contributed by atoms with E-state index in [1.807, 2.05) is 0 Å². The van der Waals surface area contributed by atoms with Gasteiger partial charge in [0.05, 0.1) is 12.8 Å². The first-order valence-electron chi connectivity index (χ1n) is 3.99. The van der Waals surface area contributed by atoms with E-state index < -0.39 is 6.10 Å². The van der Waals surface area contributed by atoms with Crippen LogP contribution in [0.15, 0.2) is 6.20 Å². The number of ether oxygens (including phenoxy) is 1. The van der Waals surface area contributed by atoms with Crippen LogP contribution in [0.5, 0.6) is 0 Å². The fourth-order valence-electron chi connectivity index (χ4n) is 1.40. The minimum Gasteiger partial charge on any atom is -0.386 e. The largest absolute Gasteiger partial charge is 0.386 e. The van der Waals surface area contributed by atoms with E-state index in [4.69, 9.17) is 4.74 Å². The molecular weight excluding hydrogens is 158 g/mol. The molecule has 1 fully saturated rings. The van der Waals surface area contributed by atoms with Gasteiger partial charge in [0.2, 0.25) is 0 Å². The second-order valence-electron chi connectivity index (χ2n) is 2.96. The highest BCUT2D eigenvalue weighted by molar-refractivity contribution is 4.98. The predicted octanol–water partition coefficient (Wildman–Crippen LogP) is -0.125. The number of aromatic nitrogens is 3. The first-order chi connectivity index (χ1) is 5.88. The molecule has 66 valence electrons. The molecule has 2 N–H and O–H groups in total. The van der Waals surface area contributed by atoms with Crippen LogP contribution in [0.2, 0.25) is 0 Å². The average molecular weight is 169 g/mol. The second kappa shape index (κ2) is 3.20. The van der Waals surface area contributed by atoms with Crippen molar-refractivity contribution in [2.45, 2.75) is 12.5 Å². The van der Waals surface area contributed by atoms with Crippen molar-refractivity contribution >= 4 is 0 Å². The fourth-order valence-corrected chi connectivity index (χ4v) is 1.40. The fraction of sp³-hybridized carbons (Fsp3) is 0.714. The van der Waals surface area contributed by atoms with E-state index in [0.717, 1.165) is 13.0 Å². The molecule has 1 aliphatic rings. The van der Waals surface area contributed by atoms with Gasteiger partial charge in [0.25, 0.3) is 0 Å². The molecule has 1 aliphatic heterocycles. The third kappa shape index (κ3) is 1.33. The van der Waals surface area contributed by atoms with Crippen molar-refractivity contribution in [2.75, 3.05) is 13.2 Å². The van der Waals surface area contributed by atoms with Crippen molar-refractivity contribution in [2.24, 2.45) is 5.92 Å². The zero-order valence-electron chi connectivity index (χ0n) is 6.60. The van der Waals surface area contributed by atoms with Crippen molar-refractivity contribution in [3.63, 3.8) is 0 Å². The third-order valence-electron chi connectivity index (χ3n) is 2.15. The second-order valence-corrected chi connectivity index (χ2v) is 2.96. The molecule has 12 heavy (non-hydrogen) atoms. The number of nitrogens with zero attached hydrogens (tertiary/aromatic N) is 2. The topological polar surface area (TPSA) is 71.0 Å². The van der Waals surface area contributed by atoms with E-state index in [1.54, 1.807) is 6.20 Å². The van der Waals surface area contributed by atoms with E-state index in [1.165, 1.54) is 0 Å². The quantitative estimate of drug-likeness (QED) is 0.647. The molecule has 5 heteroatoms. The van der Waals surface area contributed by atoms with Crippen LogP contribution in [0.4, 0.5) is 0 Å². The third-order valence-corrected chi connectivity index (χ3v) is 2.15. The lowest BCUT2D eigenvalue weighted by molar-refractivity contribution is 0.0884. The molecule has 0 bridgehead atoms. The highest BCUT2D eigenvalue weighted by atomic mass is 16.5. The molecule has 0 amide bonds. The van der Waals surface area contributed by atoms with Crippen molar-refractivity contribution in [1.82, 2.24) is 15.4 Å². The van der Waals surface area contributed by atoms with Crippen molar-refractivity contribution in [1.29, 1.82) is 0 Å². The van der Waals surface area contributed by atoms with Crippen LogP contribution in [-0.2, 0) is 4.74 Å². The summed E-state index contributed by atoms with van der Waals surface area (Å²) in [6.07, 6.45) is 1.91. The van der Waals surface area contributed by atoms with Gasteiger partial charge in [0.1, 0.15) is 11.8 Å². The lowest BCUT2D eigenvalue weighted by Gasteiger charge is -2.12. The van der Waals surface area contributed by atoms with Crippen LogP contribution in [0.25, 0.3) is 0 Å². The molecule has 5 nitrogen and oxygen atoms in total. The van der Waals surface area contributed by atoms with Gasteiger partial charge >= 0.3 is 0 Å². The molecule has 0 radical (unpaired) electrons. The minimum absolute atomic E-state index is 0.176. The highest BCUT2D eigenvalue weighted by Crippen LogP contribution is 2.26. The molecule has 1 aromatic rings. The minimum atomic E-state index is -0.536. The average Bonchev–Trinajstić information content (AvgIpc) is 2.77. The Bertz CT molecular complexity index is 231. The van der Waals surface area contributed by atoms with Gasteiger partial charge in [-0.25, -0.2) is 0 Å². The smallest absolute Gasteiger partial charge is 0.111 e. The van der Waals surface area contributed by atoms with Gasteiger partial charge in [-0.05, 0) is 6.42 Å². The molecule has 2 heterocycles. The normalized spacial score (nSPS) is 25.9. The van der Waals surface area contributed by atoms with Gasteiger partial charge in [-0.3, -0.25) is 0 Å². The zero-order valence-corrected chi connectivity index (χ0v) is 6.60. The number of aromatic amines is 1. The SMILES string of the molecule is OC(c1cn[nH]n1)C1CCOC1. The summed E-state index contributed by atoms with van der Waals surface area (Å²) in [5.74, 6) is 0.176. The van der Waals surface area contributed by atoms with Gasteiger partial charge in [-0.2, -0.15) is 15.4 Å². The van der Waals surface area contributed by atoms with Crippen molar-refractivity contribution < 1.29 is 9.84 Å². The lowest BCUT2D eigenvalue weighted by atomic mass is 10.00. The molecule has 2 unspecified atom stereocenters. The van der Waals surface area contributed by atoms with Crippen LogP contribution in [0.3, 0.4) is 0 Å². The molecule has 1 aromatic heterocycles. The molecule has 0 saturated carbocycles. The standard InChI is InChI=1S/C7H11N3O2/c11-7(5-1-2-12-4-5)6-3-8-10-9-6/h3,5,7,11H,1-2,4H2,(H,8,9,10). The number of hydrogen-bond acceptors (Lipinski definition) is 4. The van der Waals surface area contributed by atoms with Crippen LogP contribution < -0.4 is 0 Å². The van der Waals surface area contributed by atoms with Crippen molar-refractivity contribution in [3.05, 3.63) is 11.9 Å². The Hall–Kier alpha value is -0.940. The molecule has 2 atom stereocenters. The Morgan fingerprint density at radius 3 is 3.25 bits per heavy atom. The summed E-state index contributed by atoms with van der Waals surface area (Å²) in [6, 6.07) is 0. The van der Waals surface area contributed by atoms with Gasteiger partial charge in [-0.15, -0.1) is 0 Å². The van der Waals surface area contributed by atoms with Crippen LogP contribution in [0.1, 0.15) is 18.2 Å². The number of rotatable bonds is 2. The van der Waals surface area contributed by atoms with E-state index in [0.29, 0.717) is 12.3 Å². The lowest BCUT2D eigenvalue weighted by Crippen LogP contribution is -2.12. The Morgan fingerprint density at radius 1 is 1.75 bits per heavy atom. The summed E-state index contributed by atoms with van der Waals surface area (Å²) in [5, 5.41) is 19.6. The van der Waals surface area contributed by atoms with E-state index >= 15 is 0 Å². The monoisotopic (exact) mass is 169 g/mol. The van der Waals surface area contributed by atoms with E-state index in [-0.39, 0.29) is 5.92 Å². The number of nitrogens with one attached hydrogen (secondary N) is 1. The summed E-state index contributed by atoms with van der Waals surface area (Å²) in [4.78, 5) is 0. The first kappa shape index (κ1) is 7.70. The number of hydrogen-bond donors (Lipinski definition) is 2. The van der Waals surface area contributed by atoms with Crippen molar-refractivity contribution in [3.8, 4) is 0 Å². The predicted molar refractivity (Wildman–Crippen MR) is 40.3 cm³/mol. The number of aliphatic hydroxyl groups is 1. The molecule has 0 aromatic carbocycles. The van der Waals surface area contributed by atoms with Gasteiger partial charge in [0, 0.05) is 12.5 Å². The Morgan fingerprint density at radius 2 is 2.67 bits per heavy atom. The molecule has 2 rings (SSSR count). The maximum atomic E-state index is 9.71. The maximum Gasteiger partial charge on any atom is 0.111 e. The highest BCUT2D eigenvalue weighted by Gasteiger charge is 2.26. The van der Waals surface area contributed by atoms with Crippen LogP contribution in [0, 0.1) is 5.92 Å². The summed E-state index contributed by atoms with van der Waals surface area (Å²) in [6.45, 7) is 1.35. The summed E-state index contributed by atoms with van der Waals surface area (Å²) < 4.78 is 5.16. The Kier molecular flexibility index (Phi) is 2.05. The summed E-state index contributed by atoms with van der Waals surface area (Å²) in [7, 11) is 0. The zero-order chi connectivity index (χ0) is 8.39.